The average Bonchev–Trinajstić information content (AvgIpc) is 3.36. The van der Waals surface area contributed by atoms with E-state index < -0.39 is 23.3 Å². The molecule has 256 valence electrons. The summed E-state index contributed by atoms with van der Waals surface area (Å²) in [6.07, 6.45) is 5.16. The van der Waals surface area contributed by atoms with E-state index in [9.17, 15) is 29.1 Å². The van der Waals surface area contributed by atoms with Gasteiger partial charge in [0, 0.05) is 66.8 Å². The maximum Gasteiger partial charge on any atom is 0.347 e. The van der Waals surface area contributed by atoms with Crippen molar-refractivity contribution in [1.29, 1.82) is 0 Å². The van der Waals surface area contributed by atoms with Crippen LogP contribution in [-0.2, 0) is 42.6 Å². The molecule has 1 aliphatic heterocycles. The standard InChI is InChI=1S/C37H35N5O8/c1-6-8-20-9-7-10-22(34(20)45)31-21-11-14-41-36(47)40(37(48)42(41)26(21)16-23-32(31)28(43)15-19(2)33(23)44)13-12-24-35(46)39(3)27-18-30(50-5)29(49-4)17-25(27)38-24/h6-7,9-11,15,17-18,26,31,45H,1,8,12-14,16H2,2-5H3/t26-,31-/m1/s1. The smallest absolute Gasteiger partial charge is 0.347 e. The van der Waals surface area contributed by atoms with E-state index in [1.54, 1.807) is 56.5 Å². The number of hydrogen-bond donors (Lipinski definition) is 1. The minimum absolute atomic E-state index is 0.0139. The van der Waals surface area contributed by atoms with Gasteiger partial charge in [0.15, 0.2) is 23.1 Å². The van der Waals surface area contributed by atoms with Crippen LogP contribution in [0, 0.1) is 0 Å². The highest BCUT2D eigenvalue weighted by Crippen LogP contribution is 2.51. The van der Waals surface area contributed by atoms with Gasteiger partial charge in [0.25, 0.3) is 5.56 Å². The molecule has 0 fully saturated rings. The molecule has 0 unspecified atom stereocenters. The molecule has 0 radical (unpaired) electrons. The van der Waals surface area contributed by atoms with E-state index in [0.717, 1.165) is 4.57 Å². The van der Waals surface area contributed by atoms with Crippen LogP contribution in [0.3, 0.4) is 0 Å². The second-order valence-electron chi connectivity index (χ2n) is 12.6. The van der Waals surface area contributed by atoms with Gasteiger partial charge in [0.1, 0.15) is 11.4 Å². The van der Waals surface area contributed by atoms with E-state index in [1.165, 1.54) is 34.2 Å². The number of Topliss-reactive ketones (excluding diaryl/α,β-unsaturated/α-hetero) is 1. The molecule has 4 aromatic rings. The van der Waals surface area contributed by atoms with Crippen molar-refractivity contribution in [1.82, 2.24) is 23.5 Å². The van der Waals surface area contributed by atoms with E-state index in [-0.39, 0.29) is 71.2 Å². The summed E-state index contributed by atoms with van der Waals surface area (Å²) in [4.78, 5) is 73.0. The Bertz CT molecular complexity index is 2450. The molecule has 13 nitrogen and oxygen atoms in total. The van der Waals surface area contributed by atoms with E-state index in [4.69, 9.17) is 9.47 Å². The second-order valence-corrected chi connectivity index (χ2v) is 12.6. The fourth-order valence-corrected chi connectivity index (χ4v) is 7.50. The number of methoxy groups -OCH3 is 2. The number of ketones is 2. The van der Waals surface area contributed by atoms with Crippen molar-refractivity contribution in [2.24, 2.45) is 7.05 Å². The van der Waals surface area contributed by atoms with Crippen molar-refractivity contribution in [3.63, 3.8) is 0 Å². The Morgan fingerprint density at radius 1 is 1.06 bits per heavy atom. The third kappa shape index (κ3) is 4.83. The molecule has 0 amide bonds. The molecule has 7 rings (SSSR count). The molecule has 3 heterocycles. The van der Waals surface area contributed by atoms with Crippen molar-refractivity contribution in [3.05, 3.63) is 126 Å². The van der Waals surface area contributed by atoms with Crippen LogP contribution in [0.1, 0.15) is 42.1 Å². The molecule has 3 aliphatic rings. The van der Waals surface area contributed by atoms with E-state index >= 15 is 0 Å². The monoisotopic (exact) mass is 677 g/mol. The topological polar surface area (TPSA) is 157 Å². The van der Waals surface area contributed by atoms with Crippen LogP contribution in [0.4, 0.5) is 0 Å². The molecule has 50 heavy (non-hydrogen) atoms. The number of ether oxygens (including phenoxy) is 2. The van der Waals surface area contributed by atoms with Gasteiger partial charge >= 0.3 is 11.4 Å². The van der Waals surface area contributed by atoms with Crippen molar-refractivity contribution in [2.45, 2.75) is 51.2 Å². The van der Waals surface area contributed by atoms with Crippen LogP contribution >= 0.6 is 0 Å². The average molecular weight is 678 g/mol. The lowest BCUT2D eigenvalue weighted by atomic mass is 9.67. The summed E-state index contributed by atoms with van der Waals surface area (Å²) in [6.45, 7) is 5.24. The largest absolute Gasteiger partial charge is 0.507 e. The first-order chi connectivity index (χ1) is 24.0. The Hall–Kier alpha value is -5.98. The number of hydrogen-bond acceptors (Lipinski definition) is 9. The number of rotatable bonds is 8. The Balaban J connectivity index is 1.31. The molecule has 2 aliphatic carbocycles. The first-order valence-electron chi connectivity index (χ1n) is 16.2. The molecule has 0 saturated heterocycles. The van der Waals surface area contributed by atoms with Crippen LogP contribution < -0.4 is 26.4 Å². The molecule has 2 aromatic carbocycles. The zero-order valence-electron chi connectivity index (χ0n) is 28.1. The first kappa shape index (κ1) is 32.6. The third-order valence-electron chi connectivity index (χ3n) is 9.96. The lowest BCUT2D eigenvalue weighted by molar-refractivity contribution is -0.116. The van der Waals surface area contributed by atoms with Gasteiger partial charge in [0.05, 0.1) is 37.8 Å². The molecule has 13 heteroatoms. The zero-order chi connectivity index (χ0) is 35.6. The number of para-hydroxylation sites is 1. The SMILES string of the molecule is C=CCc1cccc([C@H]2C3=CCn4c(=O)n(CCc5nc6cc(OC)c(OC)cc6n(C)c5=O)c(=O)n4[C@@H]3CC3=C2C(=O)C=C(C)C3=O)c1O. The number of nitrogens with zero attached hydrogens (tertiary/aromatic N) is 5. The molecule has 1 N–H and O–H groups in total. The Kier molecular flexibility index (Phi) is 7.92. The number of benzene rings is 2. The van der Waals surface area contributed by atoms with Gasteiger partial charge in [-0.05, 0) is 30.6 Å². The van der Waals surface area contributed by atoms with Crippen LogP contribution in [0.25, 0.3) is 11.0 Å². The zero-order valence-corrected chi connectivity index (χ0v) is 28.1. The van der Waals surface area contributed by atoms with Crippen LogP contribution in [0.5, 0.6) is 17.2 Å². The number of fused-ring (bicyclic) bond motifs is 4. The first-order valence-corrected chi connectivity index (χ1v) is 16.2. The number of aromatic nitrogens is 5. The number of aromatic hydroxyl groups is 1. The number of phenolic OH excluding ortho intramolecular Hbond substituents is 1. The summed E-state index contributed by atoms with van der Waals surface area (Å²) in [5.41, 5.74) is 2.04. The van der Waals surface area contributed by atoms with Crippen molar-refractivity contribution >= 4 is 22.6 Å². The fraction of sp³-hybridized carbons (Fsp3) is 0.297. The molecule has 2 atom stereocenters. The van der Waals surface area contributed by atoms with Crippen LogP contribution in [0.2, 0.25) is 0 Å². The van der Waals surface area contributed by atoms with E-state index in [2.05, 4.69) is 11.6 Å². The Labute approximate surface area is 285 Å². The normalized spacial score (nSPS) is 18.3. The third-order valence-corrected chi connectivity index (χ3v) is 9.96. The molecule has 0 saturated carbocycles. The number of allylic oxidation sites excluding steroid dienone is 7. The lowest BCUT2D eigenvalue weighted by Crippen LogP contribution is -2.40. The van der Waals surface area contributed by atoms with Crippen LogP contribution in [0.15, 0.2) is 91.8 Å². The van der Waals surface area contributed by atoms with Gasteiger partial charge in [-0.3, -0.25) is 14.4 Å². The summed E-state index contributed by atoms with van der Waals surface area (Å²) < 4.78 is 15.9. The van der Waals surface area contributed by atoms with Gasteiger partial charge in [-0.25, -0.2) is 28.5 Å². The highest BCUT2D eigenvalue weighted by Gasteiger charge is 2.45. The highest BCUT2D eigenvalue weighted by atomic mass is 16.5. The van der Waals surface area contributed by atoms with Gasteiger partial charge < -0.3 is 19.1 Å². The Morgan fingerprint density at radius 3 is 2.52 bits per heavy atom. The van der Waals surface area contributed by atoms with Gasteiger partial charge in [-0.1, -0.05) is 30.4 Å². The molecular weight excluding hydrogens is 642 g/mol. The number of phenols is 1. The summed E-state index contributed by atoms with van der Waals surface area (Å²) >= 11 is 0. The number of aryl methyl sites for hydroxylation is 2. The highest BCUT2D eigenvalue weighted by molar-refractivity contribution is 6.23. The predicted octanol–water partition coefficient (Wildman–Crippen LogP) is 2.82. The minimum atomic E-state index is -0.825. The fourth-order valence-electron chi connectivity index (χ4n) is 7.50. The summed E-state index contributed by atoms with van der Waals surface area (Å²) in [5, 5.41) is 11.4. The van der Waals surface area contributed by atoms with Crippen molar-refractivity contribution in [2.75, 3.05) is 14.2 Å². The molecular formula is C37H35N5O8. The molecule has 0 spiro atoms. The maximum absolute atomic E-state index is 14.2. The summed E-state index contributed by atoms with van der Waals surface area (Å²) in [5.74, 6) is -0.620. The summed E-state index contributed by atoms with van der Waals surface area (Å²) in [6, 6.07) is 7.77. The predicted molar refractivity (Wildman–Crippen MR) is 184 cm³/mol. The van der Waals surface area contributed by atoms with Gasteiger partial charge in [-0.15, -0.1) is 6.58 Å². The summed E-state index contributed by atoms with van der Waals surface area (Å²) in [7, 11) is 4.60. The molecule has 0 bridgehead atoms. The van der Waals surface area contributed by atoms with Crippen molar-refractivity contribution < 1.29 is 24.2 Å². The Morgan fingerprint density at radius 2 is 1.80 bits per heavy atom. The second kappa shape index (κ2) is 12.2. The van der Waals surface area contributed by atoms with Gasteiger partial charge in [-0.2, -0.15) is 0 Å². The maximum atomic E-state index is 14.2. The van der Waals surface area contributed by atoms with E-state index in [1.807, 2.05) is 0 Å². The lowest BCUT2D eigenvalue weighted by Gasteiger charge is -2.39. The van der Waals surface area contributed by atoms with Crippen molar-refractivity contribution in [3.8, 4) is 17.2 Å². The molecule has 2 aromatic heterocycles. The minimum Gasteiger partial charge on any atom is -0.507 e. The quantitative estimate of drug-likeness (QED) is 0.219. The number of carbonyl (C=O) groups is 2. The number of carbonyl (C=O) groups excluding carboxylic acids is 2. The van der Waals surface area contributed by atoms with Gasteiger partial charge in [0.2, 0.25) is 0 Å². The van der Waals surface area contributed by atoms with Crippen LogP contribution in [-0.4, -0.2) is 54.4 Å². The van der Waals surface area contributed by atoms with E-state index in [0.29, 0.717) is 45.7 Å².